The Balaban J connectivity index is 2.51. The molecule has 0 N–H and O–H groups in total. The van der Waals surface area contributed by atoms with Gasteiger partial charge in [-0.1, -0.05) is 24.3 Å². The van der Waals surface area contributed by atoms with Crippen LogP contribution in [0.1, 0.15) is 19.4 Å². The van der Waals surface area contributed by atoms with Gasteiger partial charge in [-0.3, -0.25) is 4.79 Å². The van der Waals surface area contributed by atoms with Gasteiger partial charge in [0, 0.05) is 0 Å². The minimum absolute atomic E-state index is 0.114. The average molecular weight is 277 g/mol. The summed E-state index contributed by atoms with van der Waals surface area (Å²) in [5.41, 5.74) is 2.87. The summed E-state index contributed by atoms with van der Waals surface area (Å²) in [5.74, 6) is -0.555. The first-order chi connectivity index (χ1) is 8.72. The molecule has 1 saturated heterocycles. The molecule has 1 fully saturated rings. The van der Waals surface area contributed by atoms with Crippen LogP contribution >= 0.6 is 0 Å². The summed E-state index contributed by atoms with van der Waals surface area (Å²) in [7, 11) is -3.82. The minimum Gasteiger partial charge on any atom is -0.267 e. The third kappa shape index (κ3) is 1.82. The van der Waals surface area contributed by atoms with Gasteiger partial charge in [0.2, 0.25) is 0 Å². The van der Waals surface area contributed by atoms with E-state index in [9.17, 15) is 13.2 Å². The molecule has 0 aromatic heterocycles. The van der Waals surface area contributed by atoms with Crippen LogP contribution in [-0.2, 0) is 14.8 Å². The van der Waals surface area contributed by atoms with E-state index in [2.05, 4.69) is 12.3 Å². The molecule has 19 heavy (non-hydrogen) atoms. The molecule has 0 bridgehead atoms. The summed E-state index contributed by atoms with van der Waals surface area (Å²) in [6.45, 7) is 8.61. The van der Waals surface area contributed by atoms with Gasteiger partial charge < -0.3 is 0 Å². The maximum absolute atomic E-state index is 12.5. The second kappa shape index (κ2) is 4.08. The Morgan fingerprint density at radius 1 is 1.21 bits per heavy atom. The monoisotopic (exact) mass is 277 g/mol. The summed E-state index contributed by atoms with van der Waals surface area (Å²) in [5, 5.41) is 0. The van der Waals surface area contributed by atoms with Crippen LogP contribution in [0.4, 0.5) is 0 Å². The van der Waals surface area contributed by atoms with Crippen molar-refractivity contribution < 1.29 is 13.2 Å². The molecule has 0 unspecified atom stereocenters. The second-order valence-electron chi connectivity index (χ2n) is 5.00. The topological polar surface area (TPSA) is 54.5 Å². The maximum atomic E-state index is 12.5. The van der Waals surface area contributed by atoms with E-state index in [0.29, 0.717) is 5.57 Å². The van der Waals surface area contributed by atoms with E-state index >= 15 is 0 Å². The summed E-state index contributed by atoms with van der Waals surface area (Å²) in [6, 6.07) is 6.41. The van der Waals surface area contributed by atoms with Crippen LogP contribution in [0.3, 0.4) is 0 Å². The highest BCUT2D eigenvalue weighted by molar-refractivity contribution is 7.89. The van der Waals surface area contributed by atoms with Crippen molar-refractivity contribution in [2.75, 3.05) is 0 Å². The van der Waals surface area contributed by atoms with Gasteiger partial charge in [-0.2, -0.15) is 0 Å². The van der Waals surface area contributed by atoms with Crippen LogP contribution in [-0.4, -0.2) is 24.2 Å². The Morgan fingerprint density at radius 2 is 1.74 bits per heavy atom. The van der Waals surface area contributed by atoms with E-state index in [4.69, 9.17) is 0 Å². The Bertz CT molecular complexity index is 693. The van der Waals surface area contributed by atoms with E-state index in [1.165, 1.54) is 12.1 Å². The quantitative estimate of drug-likeness (QED) is 0.472. The predicted octanol–water partition coefficient (Wildman–Crippen LogP) is 2.02. The molecule has 0 atom stereocenters. The summed E-state index contributed by atoms with van der Waals surface area (Å²) < 4.78 is 25.8. The number of β-lactam (4-membered cyclic amide) rings is 1. The number of benzene rings is 1. The smallest absolute Gasteiger partial charge is 0.267 e. The number of amides is 1. The summed E-state index contributed by atoms with van der Waals surface area (Å²) in [6.07, 6.45) is 0. The molecule has 0 radical (unpaired) electrons. The van der Waals surface area contributed by atoms with Crippen molar-refractivity contribution >= 4 is 15.9 Å². The van der Waals surface area contributed by atoms with Crippen molar-refractivity contribution in [1.82, 2.24) is 4.31 Å². The van der Waals surface area contributed by atoms with Gasteiger partial charge >= 0.3 is 0 Å². The zero-order valence-electron chi connectivity index (χ0n) is 11.1. The molecule has 1 aromatic rings. The highest BCUT2D eigenvalue weighted by Crippen LogP contribution is 2.40. The molecule has 100 valence electrons. The van der Waals surface area contributed by atoms with E-state index in [-0.39, 0.29) is 4.90 Å². The molecule has 1 amide bonds. The first-order valence-electron chi connectivity index (χ1n) is 5.80. The lowest BCUT2D eigenvalue weighted by Gasteiger charge is -2.46. The Kier molecular flexibility index (Phi) is 2.92. The van der Waals surface area contributed by atoms with Crippen molar-refractivity contribution in [2.24, 2.45) is 0 Å². The highest BCUT2D eigenvalue weighted by atomic mass is 32.2. The fraction of sp³-hybridized carbons (Fsp3) is 0.286. The molecule has 2 rings (SSSR count). The molecule has 5 heteroatoms. The average Bonchev–Trinajstić information content (AvgIpc) is 2.28. The highest BCUT2D eigenvalue weighted by Gasteiger charge is 2.55. The van der Waals surface area contributed by atoms with Gasteiger partial charge in [0.15, 0.2) is 0 Å². The van der Waals surface area contributed by atoms with Gasteiger partial charge in [0.25, 0.3) is 15.9 Å². The lowest BCUT2D eigenvalue weighted by Crippen LogP contribution is -2.64. The number of carbonyl (C=O) groups excluding carboxylic acids is 1. The number of carbonyl (C=O) groups is 1. The molecule has 1 aliphatic rings. The van der Waals surface area contributed by atoms with Gasteiger partial charge in [-0.25, -0.2) is 12.7 Å². The van der Waals surface area contributed by atoms with E-state index in [1.807, 2.05) is 6.92 Å². The number of hydrogen-bond acceptors (Lipinski definition) is 3. The van der Waals surface area contributed by atoms with Crippen molar-refractivity contribution in [3.8, 4) is 0 Å². The number of sulfonamides is 1. The zero-order valence-corrected chi connectivity index (χ0v) is 11.9. The normalized spacial score (nSPS) is 17.9. The van der Waals surface area contributed by atoms with Crippen LogP contribution < -0.4 is 0 Å². The Labute approximate surface area is 113 Å². The van der Waals surface area contributed by atoms with E-state index in [1.54, 1.807) is 26.0 Å². The predicted molar refractivity (Wildman–Crippen MR) is 71.9 cm³/mol. The van der Waals surface area contributed by atoms with E-state index < -0.39 is 21.5 Å². The molecule has 1 heterocycles. The number of aryl methyl sites for hydroxylation is 1. The lowest BCUT2D eigenvalue weighted by atomic mass is 9.86. The molecular formula is C14H15NO3S. The van der Waals surface area contributed by atoms with Crippen LogP contribution in [0.2, 0.25) is 0 Å². The third-order valence-electron chi connectivity index (χ3n) is 3.25. The number of rotatable bonds is 2. The number of hydrogen-bond donors (Lipinski definition) is 0. The molecule has 0 spiro atoms. The van der Waals surface area contributed by atoms with Crippen LogP contribution in [0.5, 0.6) is 0 Å². The van der Waals surface area contributed by atoms with Crippen molar-refractivity contribution in [3.05, 3.63) is 47.7 Å². The zero-order chi connectivity index (χ0) is 14.4. The SMILES string of the molecule is C=C=C1C(=O)N(S(=O)(=O)c2ccc(C)cc2)C1(C)C. The fourth-order valence-corrected chi connectivity index (χ4v) is 3.88. The minimum atomic E-state index is -3.82. The van der Waals surface area contributed by atoms with Crippen molar-refractivity contribution in [1.29, 1.82) is 0 Å². The van der Waals surface area contributed by atoms with Crippen molar-refractivity contribution in [3.63, 3.8) is 0 Å². The first kappa shape index (κ1) is 13.6. The molecule has 0 aliphatic carbocycles. The first-order valence-corrected chi connectivity index (χ1v) is 7.24. The fourth-order valence-electron chi connectivity index (χ4n) is 2.18. The molecule has 0 saturated carbocycles. The van der Waals surface area contributed by atoms with Crippen LogP contribution in [0.25, 0.3) is 0 Å². The molecule has 4 nitrogen and oxygen atoms in total. The van der Waals surface area contributed by atoms with Gasteiger partial charge in [-0.15, -0.1) is 5.73 Å². The molecular weight excluding hydrogens is 262 g/mol. The van der Waals surface area contributed by atoms with Gasteiger partial charge in [-0.05, 0) is 32.9 Å². The van der Waals surface area contributed by atoms with Gasteiger partial charge in [0.05, 0.1) is 16.0 Å². The second-order valence-corrected chi connectivity index (χ2v) is 6.79. The number of nitrogens with zero attached hydrogens (tertiary/aromatic N) is 1. The van der Waals surface area contributed by atoms with Gasteiger partial charge in [0.1, 0.15) is 0 Å². The maximum Gasteiger partial charge on any atom is 0.274 e. The molecule has 1 aliphatic heterocycles. The van der Waals surface area contributed by atoms with Crippen LogP contribution in [0.15, 0.2) is 47.0 Å². The third-order valence-corrected chi connectivity index (χ3v) is 5.22. The summed E-state index contributed by atoms with van der Waals surface area (Å²) >= 11 is 0. The Morgan fingerprint density at radius 3 is 2.16 bits per heavy atom. The Hall–Kier alpha value is -1.84. The largest absolute Gasteiger partial charge is 0.274 e. The lowest BCUT2D eigenvalue weighted by molar-refractivity contribution is -0.133. The van der Waals surface area contributed by atoms with Crippen LogP contribution in [0, 0.1) is 6.92 Å². The molecule has 1 aromatic carbocycles. The van der Waals surface area contributed by atoms with Crippen molar-refractivity contribution in [2.45, 2.75) is 31.2 Å². The standard InChI is InChI=1S/C14H15NO3S/c1-5-12-13(16)15(14(12,3)4)19(17,18)11-8-6-10(2)7-9-11/h6-9H,1H2,2-4H3. The summed E-state index contributed by atoms with van der Waals surface area (Å²) in [4.78, 5) is 12.0. The van der Waals surface area contributed by atoms with E-state index in [0.717, 1.165) is 9.87 Å².